The number of rotatable bonds is 6. The van der Waals surface area contributed by atoms with Gasteiger partial charge >= 0.3 is 0 Å². The zero-order chi connectivity index (χ0) is 23.1. The molecule has 0 fully saturated rings. The highest BCUT2D eigenvalue weighted by atomic mass is 16.7. The van der Waals surface area contributed by atoms with Crippen molar-refractivity contribution in [3.63, 3.8) is 0 Å². The van der Waals surface area contributed by atoms with Gasteiger partial charge in [-0.3, -0.25) is 4.90 Å². The molecule has 0 saturated heterocycles. The van der Waals surface area contributed by atoms with E-state index >= 15 is 0 Å². The van der Waals surface area contributed by atoms with E-state index < -0.39 is 0 Å². The third kappa shape index (κ3) is 3.53. The summed E-state index contributed by atoms with van der Waals surface area (Å²) in [6.45, 7) is 2.73. The first-order chi connectivity index (χ1) is 16.8. The van der Waals surface area contributed by atoms with E-state index in [0.717, 1.165) is 54.7 Å². The lowest BCUT2D eigenvalue weighted by Crippen LogP contribution is -2.42. The Morgan fingerprint density at radius 1 is 0.941 bits per heavy atom. The molecule has 0 bridgehead atoms. The second kappa shape index (κ2) is 8.76. The molecule has 176 valence electrons. The summed E-state index contributed by atoms with van der Waals surface area (Å²) in [5.41, 5.74) is 5.21. The van der Waals surface area contributed by atoms with Gasteiger partial charge in [-0.2, -0.15) is 0 Å². The number of ether oxygens (including phenoxy) is 5. The van der Waals surface area contributed by atoms with Crippen molar-refractivity contribution in [2.45, 2.75) is 31.3 Å². The predicted octanol–water partition coefficient (Wildman–Crippen LogP) is 5.10. The second-order valence-electron chi connectivity index (χ2n) is 9.00. The molecular weight excluding hydrogens is 430 g/mol. The van der Waals surface area contributed by atoms with E-state index in [2.05, 4.69) is 23.1 Å². The molecule has 3 heterocycles. The first-order valence-electron chi connectivity index (χ1n) is 11.8. The highest BCUT2D eigenvalue weighted by molar-refractivity contribution is 5.56. The Morgan fingerprint density at radius 3 is 2.56 bits per heavy atom. The van der Waals surface area contributed by atoms with Gasteiger partial charge in [-0.15, -0.1) is 0 Å². The van der Waals surface area contributed by atoms with Crippen molar-refractivity contribution in [3.8, 4) is 28.7 Å². The molecule has 3 aliphatic rings. The fraction of sp³-hybridized carbons (Fsp3) is 0.357. The zero-order valence-electron chi connectivity index (χ0n) is 19.6. The van der Waals surface area contributed by atoms with Gasteiger partial charge in [0.25, 0.3) is 0 Å². The van der Waals surface area contributed by atoms with Crippen LogP contribution in [0.25, 0.3) is 0 Å². The molecule has 2 atom stereocenters. The van der Waals surface area contributed by atoms with E-state index in [1.807, 2.05) is 36.4 Å². The molecule has 6 rings (SSSR count). The Morgan fingerprint density at radius 2 is 1.76 bits per heavy atom. The van der Waals surface area contributed by atoms with E-state index in [0.29, 0.717) is 13.4 Å². The minimum absolute atomic E-state index is 0.239. The Hall–Kier alpha value is -3.38. The summed E-state index contributed by atoms with van der Waals surface area (Å²) in [5, 5.41) is 0. The monoisotopic (exact) mass is 459 g/mol. The van der Waals surface area contributed by atoms with Crippen LogP contribution >= 0.6 is 0 Å². The van der Waals surface area contributed by atoms with E-state index in [1.165, 1.54) is 22.3 Å². The maximum Gasteiger partial charge on any atom is 0.231 e. The van der Waals surface area contributed by atoms with Crippen LogP contribution in [0.2, 0.25) is 0 Å². The molecule has 0 spiro atoms. The predicted molar refractivity (Wildman–Crippen MR) is 128 cm³/mol. The van der Waals surface area contributed by atoms with Crippen molar-refractivity contribution >= 4 is 0 Å². The lowest BCUT2D eigenvalue weighted by Gasteiger charge is -2.46. The average molecular weight is 460 g/mol. The zero-order valence-corrected chi connectivity index (χ0v) is 19.6. The molecular formula is C28H29NO5. The Bertz CT molecular complexity index is 1200. The van der Waals surface area contributed by atoms with Crippen molar-refractivity contribution in [2.75, 3.05) is 34.2 Å². The highest BCUT2D eigenvalue weighted by Gasteiger charge is 2.41. The highest BCUT2D eigenvalue weighted by Crippen LogP contribution is 2.52. The summed E-state index contributed by atoms with van der Waals surface area (Å²) in [7, 11) is 3.42. The summed E-state index contributed by atoms with van der Waals surface area (Å²) in [4.78, 5) is 2.57. The maximum absolute atomic E-state index is 6.15. The van der Waals surface area contributed by atoms with Gasteiger partial charge in [0.1, 0.15) is 5.75 Å². The molecule has 0 aliphatic carbocycles. The van der Waals surface area contributed by atoms with Gasteiger partial charge in [0.05, 0.1) is 20.8 Å². The molecule has 0 aromatic heterocycles. The van der Waals surface area contributed by atoms with Crippen molar-refractivity contribution in [2.24, 2.45) is 0 Å². The molecule has 2 unspecified atom stereocenters. The van der Waals surface area contributed by atoms with Crippen molar-refractivity contribution in [1.29, 1.82) is 0 Å². The summed E-state index contributed by atoms with van der Waals surface area (Å²) in [6.07, 6.45) is 1.86. The van der Waals surface area contributed by atoms with Crippen LogP contribution < -0.4 is 23.7 Å². The number of methoxy groups -OCH3 is 2. The first-order valence-corrected chi connectivity index (χ1v) is 11.8. The minimum Gasteiger partial charge on any atom is -0.494 e. The fourth-order valence-electron chi connectivity index (χ4n) is 5.76. The molecule has 0 saturated carbocycles. The largest absolute Gasteiger partial charge is 0.494 e. The molecule has 34 heavy (non-hydrogen) atoms. The SMILES string of the molecule is COc1ccc2c(c1OC)CN1CCc3cc4c(cc3C1C2CCOc1ccccc1)OCO4. The Kier molecular flexibility index (Phi) is 5.46. The standard InChI is InChI=1S/C28H29NO5/c1-30-24-9-8-20-21(11-13-32-19-6-4-3-5-7-19)27-22-15-26-25(33-17-34-26)14-18(22)10-12-29(27)16-23(20)28(24)31-2/h3-9,14-15,21,27H,10-13,16-17H2,1-2H3. The van der Waals surface area contributed by atoms with Crippen LogP contribution in [0.15, 0.2) is 54.6 Å². The van der Waals surface area contributed by atoms with Crippen molar-refractivity contribution in [3.05, 3.63) is 76.9 Å². The summed E-state index contributed by atoms with van der Waals surface area (Å²) < 4.78 is 29.0. The number of benzene rings is 3. The van der Waals surface area contributed by atoms with Crippen LogP contribution in [-0.2, 0) is 13.0 Å². The van der Waals surface area contributed by atoms with Crippen molar-refractivity contribution < 1.29 is 23.7 Å². The van der Waals surface area contributed by atoms with Crippen molar-refractivity contribution in [1.82, 2.24) is 4.90 Å². The smallest absolute Gasteiger partial charge is 0.231 e. The summed E-state index contributed by atoms with van der Waals surface area (Å²) >= 11 is 0. The number of hydrogen-bond acceptors (Lipinski definition) is 6. The normalized spacial score (nSPS) is 20.2. The second-order valence-corrected chi connectivity index (χ2v) is 9.00. The number of para-hydroxylation sites is 1. The van der Waals surface area contributed by atoms with Crippen LogP contribution in [0.4, 0.5) is 0 Å². The minimum atomic E-state index is 0.239. The Balaban J connectivity index is 1.40. The average Bonchev–Trinajstić information content (AvgIpc) is 3.34. The van der Waals surface area contributed by atoms with E-state index in [-0.39, 0.29) is 12.0 Å². The first kappa shape index (κ1) is 21.2. The number of nitrogens with zero attached hydrogens (tertiary/aromatic N) is 1. The van der Waals surface area contributed by atoms with E-state index in [4.69, 9.17) is 23.7 Å². The third-order valence-electron chi connectivity index (χ3n) is 7.28. The van der Waals surface area contributed by atoms with Gasteiger partial charge in [-0.1, -0.05) is 24.3 Å². The van der Waals surface area contributed by atoms with Crippen LogP contribution in [0.5, 0.6) is 28.7 Å². The molecule has 0 radical (unpaired) electrons. The lowest BCUT2D eigenvalue weighted by atomic mass is 9.75. The summed E-state index contributed by atoms with van der Waals surface area (Å²) in [5.74, 6) is 4.46. The van der Waals surface area contributed by atoms with Gasteiger partial charge in [0.15, 0.2) is 23.0 Å². The van der Waals surface area contributed by atoms with E-state index in [1.54, 1.807) is 14.2 Å². The molecule has 3 aliphatic heterocycles. The fourth-order valence-corrected chi connectivity index (χ4v) is 5.76. The quantitative estimate of drug-likeness (QED) is 0.511. The van der Waals surface area contributed by atoms with Gasteiger partial charge in [-0.25, -0.2) is 0 Å². The Labute approximate surface area is 200 Å². The molecule has 0 amide bonds. The number of fused-ring (bicyclic) bond motifs is 5. The number of hydrogen-bond donors (Lipinski definition) is 0. The van der Waals surface area contributed by atoms with Gasteiger partial charge in [0, 0.05) is 30.6 Å². The molecule has 6 heteroatoms. The van der Waals surface area contributed by atoms with Gasteiger partial charge in [0.2, 0.25) is 6.79 Å². The molecule has 3 aromatic rings. The topological polar surface area (TPSA) is 49.4 Å². The summed E-state index contributed by atoms with van der Waals surface area (Å²) in [6, 6.07) is 18.9. The lowest BCUT2D eigenvalue weighted by molar-refractivity contribution is 0.119. The van der Waals surface area contributed by atoms with Gasteiger partial charge in [-0.05, 0) is 59.9 Å². The molecule has 0 N–H and O–H groups in total. The van der Waals surface area contributed by atoms with E-state index in [9.17, 15) is 0 Å². The maximum atomic E-state index is 6.15. The van der Waals surface area contributed by atoms with Gasteiger partial charge < -0.3 is 23.7 Å². The van der Waals surface area contributed by atoms with Crippen LogP contribution in [0.1, 0.15) is 40.6 Å². The van der Waals surface area contributed by atoms with Crippen LogP contribution in [-0.4, -0.2) is 39.1 Å². The van der Waals surface area contributed by atoms with Crippen LogP contribution in [0, 0.1) is 0 Å². The van der Waals surface area contributed by atoms with Crippen LogP contribution in [0.3, 0.4) is 0 Å². The molecule has 3 aromatic carbocycles. The molecule has 6 nitrogen and oxygen atoms in total. The third-order valence-corrected chi connectivity index (χ3v) is 7.28.